The second kappa shape index (κ2) is 19.4. The summed E-state index contributed by atoms with van der Waals surface area (Å²) in [6, 6.07) is 0. The van der Waals surface area contributed by atoms with Crippen LogP contribution in [0.2, 0.25) is 0 Å². The van der Waals surface area contributed by atoms with E-state index in [-0.39, 0.29) is 35.5 Å². The van der Waals surface area contributed by atoms with E-state index in [0.717, 1.165) is 43.3 Å². The first-order valence-electron chi connectivity index (χ1n) is 23.9. The highest BCUT2D eigenvalue weighted by Crippen LogP contribution is 2.68. The van der Waals surface area contributed by atoms with E-state index in [2.05, 4.69) is 19.9 Å². The second-order valence-corrected chi connectivity index (χ2v) is 21.2. The van der Waals surface area contributed by atoms with Crippen molar-refractivity contribution in [1.82, 2.24) is 0 Å². The Morgan fingerprint density at radius 2 is 1.46 bits per heavy atom. The second-order valence-electron chi connectivity index (χ2n) is 21.2. The zero-order valence-electron chi connectivity index (χ0n) is 39.0. The average molecular weight is 957 g/mol. The molecule has 0 spiro atoms. The van der Waals surface area contributed by atoms with Crippen molar-refractivity contribution in [1.29, 1.82) is 0 Å². The van der Waals surface area contributed by atoms with Crippen molar-refractivity contribution < 1.29 is 98.5 Å². The molecule has 24 atom stereocenters. The third-order valence-electron chi connectivity index (χ3n) is 17.5. The summed E-state index contributed by atoms with van der Waals surface area (Å²) < 4.78 is 47.9. The number of hydrogen-bond acceptors (Lipinski definition) is 20. The molecule has 0 unspecified atom stereocenters. The van der Waals surface area contributed by atoms with Gasteiger partial charge in [-0.3, -0.25) is 4.79 Å². The number of carbonyl (C=O) groups excluding carboxylic acids is 2. The molecule has 0 amide bonds. The van der Waals surface area contributed by atoms with Crippen LogP contribution in [0.5, 0.6) is 0 Å². The maximum Gasteiger partial charge on any atom is 0.334 e. The number of carbonyl (C=O) groups is 2. The Kier molecular flexibility index (Phi) is 14.8. The van der Waals surface area contributed by atoms with E-state index in [4.69, 9.17) is 37.9 Å². The molecule has 10 N–H and O–H groups in total. The summed E-state index contributed by atoms with van der Waals surface area (Å²) >= 11 is 0. The van der Waals surface area contributed by atoms with Crippen molar-refractivity contribution >= 4 is 11.9 Å². The van der Waals surface area contributed by atoms with Crippen LogP contribution in [-0.2, 0) is 47.5 Å². The molecule has 3 saturated carbocycles. The number of rotatable bonds is 11. The fourth-order valence-electron chi connectivity index (χ4n) is 13.6. The van der Waals surface area contributed by atoms with Crippen LogP contribution in [0, 0.1) is 34.5 Å². The molecule has 0 radical (unpaired) electrons. The number of aliphatic hydroxyl groups is 10. The Hall–Kier alpha value is -2.22. The Bertz CT molecular complexity index is 1870. The van der Waals surface area contributed by atoms with Crippen molar-refractivity contribution in [3.8, 4) is 0 Å². The van der Waals surface area contributed by atoms with E-state index in [1.165, 1.54) is 6.92 Å². The highest BCUT2D eigenvalue weighted by atomic mass is 16.8. The summed E-state index contributed by atoms with van der Waals surface area (Å²) in [5.74, 6) is -0.462. The fraction of sp³-hybridized carbons (Fsp3) is 0.872. The van der Waals surface area contributed by atoms with Gasteiger partial charge in [-0.2, -0.15) is 0 Å². The van der Waals surface area contributed by atoms with Crippen LogP contribution in [0.15, 0.2) is 22.8 Å². The molecule has 8 rings (SSSR count). The minimum absolute atomic E-state index is 0.101. The molecule has 3 saturated heterocycles. The van der Waals surface area contributed by atoms with E-state index >= 15 is 0 Å². The lowest BCUT2D eigenvalue weighted by molar-refractivity contribution is -0.385. The summed E-state index contributed by atoms with van der Waals surface area (Å²) in [6.07, 6.45) is -18.2. The predicted molar refractivity (Wildman–Crippen MR) is 228 cm³/mol. The van der Waals surface area contributed by atoms with Crippen LogP contribution in [-0.4, -0.2) is 193 Å². The van der Waals surface area contributed by atoms with E-state index < -0.39 is 147 Å². The average Bonchev–Trinajstić information content (AvgIpc) is 3.65. The number of fused-ring (bicyclic) bond motifs is 5. The lowest BCUT2D eigenvalue weighted by Gasteiger charge is -2.60. The smallest absolute Gasteiger partial charge is 0.334 e. The minimum Gasteiger partial charge on any atom is -0.462 e. The quantitative estimate of drug-likeness (QED) is 0.0876. The Morgan fingerprint density at radius 1 is 0.806 bits per heavy atom. The lowest BCUT2D eigenvalue weighted by Crippen LogP contribution is -2.67. The summed E-state index contributed by atoms with van der Waals surface area (Å²) in [5.41, 5.74) is 0.404. The normalized spacial score (nSPS) is 50.0. The number of esters is 2. The van der Waals surface area contributed by atoms with Crippen LogP contribution in [0.1, 0.15) is 92.9 Å². The first-order valence-corrected chi connectivity index (χ1v) is 23.9. The zero-order chi connectivity index (χ0) is 48.7. The molecule has 0 aromatic rings. The van der Waals surface area contributed by atoms with Crippen molar-refractivity contribution in [2.24, 2.45) is 34.5 Å². The molecule has 0 bridgehead atoms. The van der Waals surface area contributed by atoms with E-state index in [9.17, 15) is 60.7 Å². The molecule has 8 aliphatic rings. The Morgan fingerprint density at radius 3 is 2.13 bits per heavy atom. The van der Waals surface area contributed by atoms with Gasteiger partial charge in [0.1, 0.15) is 85.0 Å². The molecule has 20 nitrogen and oxygen atoms in total. The van der Waals surface area contributed by atoms with Gasteiger partial charge < -0.3 is 89.0 Å². The topological polar surface area (TPSA) is 310 Å². The van der Waals surface area contributed by atoms with Crippen LogP contribution in [0.25, 0.3) is 0 Å². The lowest BCUT2D eigenvalue weighted by atomic mass is 9.46. The van der Waals surface area contributed by atoms with Gasteiger partial charge >= 0.3 is 11.9 Å². The van der Waals surface area contributed by atoms with Gasteiger partial charge in [0.2, 0.25) is 0 Å². The summed E-state index contributed by atoms with van der Waals surface area (Å²) in [5, 5.41) is 108. The van der Waals surface area contributed by atoms with Gasteiger partial charge in [-0.1, -0.05) is 31.1 Å². The van der Waals surface area contributed by atoms with E-state index in [0.29, 0.717) is 18.4 Å². The van der Waals surface area contributed by atoms with Gasteiger partial charge in [-0.25, -0.2) is 4.79 Å². The molecular formula is C47H72O20. The molecule has 0 aromatic heterocycles. The third-order valence-corrected chi connectivity index (χ3v) is 17.5. The van der Waals surface area contributed by atoms with Crippen LogP contribution < -0.4 is 0 Å². The summed E-state index contributed by atoms with van der Waals surface area (Å²) in [6.45, 7) is 9.22. The number of ether oxygens (including phenoxy) is 8. The number of hydrogen-bond donors (Lipinski definition) is 10. The van der Waals surface area contributed by atoms with Crippen LogP contribution >= 0.6 is 0 Å². The first kappa shape index (κ1) is 51.1. The number of allylic oxidation sites excluding steroid dienone is 1. The highest BCUT2D eigenvalue weighted by molar-refractivity contribution is 5.89. The van der Waals surface area contributed by atoms with Gasteiger partial charge in [-0.05, 0) is 88.4 Å². The standard InChI is InChI=1S/C47H72O20/c1-19-13-32(65-41(58)20(19)2)47(6,59)30-10-9-25-24-8-7-22-14-23(15-31(61-21(3)50)46(22,5)26(24)11-12-45(25,30)4)62-44-38(57)40(67-42-36(55)33(52)27(51)18-60-42)39(29(17-49)64-44)66-43-37(56)35(54)34(53)28(16-48)63-43/h7,23-40,42-44,48-49,51-57,59H,8-18H2,1-6H3/t23-,24+,25+,26+,27-,28-,29-,30+,31+,32-,33+,34-,35+,36-,37-,38-,39-,40-,42+,43+,44-,45+,46+,47-/m1/s1. The van der Waals surface area contributed by atoms with Crippen molar-refractivity contribution in [3.63, 3.8) is 0 Å². The molecular weight excluding hydrogens is 884 g/mol. The van der Waals surface area contributed by atoms with Crippen molar-refractivity contribution in [3.05, 3.63) is 22.8 Å². The van der Waals surface area contributed by atoms with Gasteiger partial charge in [0.25, 0.3) is 0 Å². The summed E-state index contributed by atoms with van der Waals surface area (Å²) in [4.78, 5) is 25.7. The molecule has 20 heteroatoms. The van der Waals surface area contributed by atoms with Gasteiger partial charge in [0.05, 0.1) is 25.9 Å². The van der Waals surface area contributed by atoms with Crippen LogP contribution in [0.4, 0.5) is 0 Å². The molecule has 67 heavy (non-hydrogen) atoms. The maximum absolute atomic E-state index is 12.9. The SMILES string of the molecule is CC(=O)O[C@H]1C[C@H](O[C@@H]2O[C@H](CO)[C@@H](O[C@@H]3O[C@H](CO)[C@@H](O)[C@H](O)[C@H]3O)[C@H](O[C@@H]3OC[C@@H](O)[C@H](O)[C@H]3O)[C@H]2O)CC2=CC[C@H]3[C@@H]4CC[C@H]([C@@](C)(O)[C@H]5CC(C)=C(C)C(=O)O5)[C@@]4(C)CC[C@@H]3[C@]21C. The molecule has 4 aliphatic carbocycles. The molecule has 0 aromatic carbocycles. The van der Waals surface area contributed by atoms with Crippen LogP contribution in [0.3, 0.4) is 0 Å². The largest absolute Gasteiger partial charge is 0.462 e. The molecule has 4 aliphatic heterocycles. The Balaban J connectivity index is 1.03. The van der Waals surface area contributed by atoms with E-state index in [1.54, 1.807) is 6.92 Å². The first-order chi connectivity index (χ1) is 31.6. The third kappa shape index (κ3) is 8.97. The number of aliphatic hydroxyl groups excluding tert-OH is 9. The fourth-order valence-corrected chi connectivity index (χ4v) is 13.6. The molecule has 380 valence electrons. The monoisotopic (exact) mass is 956 g/mol. The summed E-state index contributed by atoms with van der Waals surface area (Å²) in [7, 11) is 0. The Labute approximate surface area is 389 Å². The van der Waals surface area contributed by atoms with E-state index in [1.807, 2.05) is 13.8 Å². The van der Waals surface area contributed by atoms with Gasteiger partial charge in [-0.15, -0.1) is 0 Å². The van der Waals surface area contributed by atoms with Crippen molar-refractivity contribution in [2.75, 3.05) is 19.8 Å². The maximum atomic E-state index is 12.9. The zero-order valence-corrected chi connectivity index (χ0v) is 39.0. The highest BCUT2D eigenvalue weighted by Gasteiger charge is 2.65. The molecule has 6 fully saturated rings. The van der Waals surface area contributed by atoms with Gasteiger partial charge in [0.15, 0.2) is 18.9 Å². The molecule has 4 heterocycles. The predicted octanol–water partition coefficient (Wildman–Crippen LogP) is -1.02. The number of cyclic esters (lactones) is 1. The van der Waals surface area contributed by atoms with Gasteiger partial charge in [0, 0.05) is 30.8 Å². The van der Waals surface area contributed by atoms with Crippen molar-refractivity contribution in [2.45, 2.75) is 203 Å². The minimum atomic E-state index is -1.90.